The lowest BCUT2D eigenvalue weighted by Crippen LogP contribution is -2.00. The van der Waals surface area contributed by atoms with Crippen molar-refractivity contribution >= 4 is 15.9 Å². The van der Waals surface area contributed by atoms with E-state index in [9.17, 15) is 4.39 Å². The number of alkyl halides is 1. The Kier molecular flexibility index (Phi) is 4.12. The average Bonchev–Trinajstić information content (AvgIpc) is 2.32. The largest absolute Gasteiger partial charge is 0.261 e. The Morgan fingerprint density at radius 1 is 1.22 bits per heavy atom. The molecular formula is C15H15BrFN. The van der Waals surface area contributed by atoms with Gasteiger partial charge in [0.05, 0.1) is 0 Å². The summed E-state index contributed by atoms with van der Waals surface area (Å²) < 4.78 is 13.1. The fraction of sp³-hybridized carbons (Fsp3) is 0.267. The van der Waals surface area contributed by atoms with Crippen molar-refractivity contribution in [1.29, 1.82) is 0 Å². The van der Waals surface area contributed by atoms with E-state index in [1.165, 1.54) is 6.07 Å². The van der Waals surface area contributed by atoms with Crippen LogP contribution in [0.25, 0.3) is 0 Å². The summed E-state index contributed by atoms with van der Waals surface area (Å²) in [5.74, 6) is -0.190. The zero-order chi connectivity index (χ0) is 13.1. The minimum atomic E-state index is -0.190. The van der Waals surface area contributed by atoms with Gasteiger partial charge in [-0.1, -0.05) is 28.1 Å². The second-order valence-corrected chi connectivity index (χ2v) is 5.60. The van der Waals surface area contributed by atoms with Crippen molar-refractivity contribution in [2.45, 2.75) is 25.1 Å². The number of pyridine rings is 1. The van der Waals surface area contributed by atoms with Gasteiger partial charge in [0.2, 0.25) is 0 Å². The number of halogens is 2. The fourth-order valence-electron chi connectivity index (χ4n) is 1.90. The molecule has 0 aliphatic rings. The van der Waals surface area contributed by atoms with E-state index in [4.69, 9.17) is 0 Å². The van der Waals surface area contributed by atoms with Crippen LogP contribution >= 0.6 is 15.9 Å². The van der Waals surface area contributed by atoms with Gasteiger partial charge >= 0.3 is 0 Å². The molecule has 0 aliphatic heterocycles. The van der Waals surface area contributed by atoms with Crippen molar-refractivity contribution in [3.8, 4) is 0 Å². The maximum atomic E-state index is 13.1. The molecule has 0 saturated carbocycles. The van der Waals surface area contributed by atoms with Crippen molar-refractivity contribution in [3.63, 3.8) is 0 Å². The van der Waals surface area contributed by atoms with Crippen molar-refractivity contribution in [2.24, 2.45) is 0 Å². The van der Waals surface area contributed by atoms with Gasteiger partial charge in [-0.3, -0.25) is 4.98 Å². The quantitative estimate of drug-likeness (QED) is 0.760. The summed E-state index contributed by atoms with van der Waals surface area (Å²) >= 11 is 3.65. The van der Waals surface area contributed by atoms with Crippen LogP contribution in [-0.2, 0) is 6.42 Å². The van der Waals surface area contributed by atoms with Gasteiger partial charge in [0.15, 0.2) is 0 Å². The van der Waals surface area contributed by atoms with Crippen LogP contribution in [0.1, 0.15) is 27.2 Å². The summed E-state index contributed by atoms with van der Waals surface area (Å²) in [6.45, 7) is 3.95. The van der Waals surface area contributed by atoms with E-state index in [1.807, 2.05) is 32.2 Å². The molecule has 0 saturated heterocycles. The number of hydrogen-bond acceptors (Lipinski definition) is 1. The van der Waals surface area contributed by atoms with E-state index in [0.717, 1.165) is 28.8 Å². The van der Waals surface area contributed by atoms with Crippen LogP contribution < -0.4 is 0 Å². The summed E-state index contributed by atoms with van der Waals surface area (Å²) in [7, 11) is 0. The minimum absolute atomic E-state index is 0.160. The molecule has 3 heteroatoms. The molecule has 1 unspecified atom stereocenters. The van der Waals surface area contributed by atoms with Crippen molar-refractivity contribution in [2.75, 3.05) is 0 Å². The Bertz CT molecular complexity index is 537. The molecule has 0 fully saturated rings. The standard InChI is InChI=1S/C15H15BrFN/c1-10-3-5-13(18-9-10)8-15(16)14-6-4-12(17)7-11(14)2/h3-7,9,15H,8H2,1-2H3. The predicted octanol–water partition coefficient (Wildman–Crippen LogP) is 4.52. The summed E-state index contributed by atoms with van der Waals surface area (Å²) in [6, 6.07) is 8.98. The van der Waals surface area contributed by atoms with E-state index in [2.05, 4.69) is 27.0 Å². The monoisotopic (exact) mass is 307 g/mol. The van der Waals surface area contributed by atoms with Gasteiger partial charge in [0.1, 0.15) is 5.82 Å². The zero-order valence-electron chi connectivity index (χ0n) is 10.5. The van der Waals surface area contributed by atoms with Gasteiger partial charge in [0.25, 0.3) is 0 Å². The first kappa shape index (κ1) is 13.2. The van der Waals surface area contributed by atoms with Crippen LogP contribution in [0.2, 0.25) is 0 Å². The number of nitrogens with zero attached hydrogens (tertiary/aromatic N) is 1. The lowest BCUT2D eigenvalue weighted by molar-refractivity contribution is 0.625. The molecule has 1 aromatic carbocycles. The van der Waals surface area contributed by atoms with Crippen LogP contribution in [0.3, 0.4) is 0 Å². The molecular weight excluding hydrogens is 293 g/mol. The molecule has 0 bridgehead atoms. The Balaban J connectivity index is 2.16. The van der Waals surface area contributed by atoms with Crippen molar-refractivity contribution in [1.82, 2.24) is 4.98 Å². The lowest BCUT2D eigenvalue weighted by atomic mass is 10.0. The van der Waals surface area contributed by atoms with Crippen molar-refractivity contribution in [3.05, 3.63) is 64.7 Å². The summed E-state index contributed by atoms with van der Waals surface area (Å²) in [5, 5.41) is 0. The highest BCUT2D eigenvalue weighted by Gasteiger charge is 2.12. The first-order chi connectivity index (χ1) is 8.56. The third-order valence-electron chi connectivity index (χ3n) is 2.93. The second kappa shape index (κ2) is 5.61. The zero-order valence-corrected chi connectivity index (χ0v) is 12.0. The number of aryl methyl sites for hydroxylation is 2. The second-order valence-electron chi connectivity index (χ2n) is 4.50. The molecule has 1 atom stereocenters. The average molecular weight is 308 g/mol. The molecule has 18 heavy (non-hydrogen) atoms. The molecule has 1 nitrogen and oxygen atoms in total. The van der Waals surface area contributed by atoms with Crippen LogP contribution in [0.15, 0.2) is 36.5 Å². The molecule has 1 heterocycles. The number of benzene rings is 1. The molecule has 0 spiro atoms. The lowest BCUT2D eigenvalue weighted by Gasteiger charge is -2.13. The first-order valence-electron chi connectivity index (χ1n) is 5.88. The molecule has 0 radical (unpaired) electrons. The van der Waals surface area contributed by atoms with Gasteiger partial charge in [-0.2, -0.15) is 0 Å². The topological polar surface area (TPSA) is 12.9 Å². The van der Waals surface area contributed by atoms with E-state index < -0.39 is 0 Å². The normalized spacial score (nSPS) is 12.4. The third kappa shape index (κ3) is 3.16. The van der Waals surface area contributed by atoms with E-state index >= 15 is 0 Å². The maximum Gasteiger partial charge on any atom is 0.123 e. The van der Waals surface area contributed by atoms with Crippen LogP contribution in [0, 0.1) is 19.7 Å². The van der Waals surface area contributed by atoms with Gasteiger partial charge in [0, 0.05) is 23.1 Å². The number of aromatic nitrogens is 1. The van der Waals surface area contributed by atoms with E-state index in [1.54, 1.807) is 6.07 Å². The molecule has 0 amide bonds. The van der Waals surface area contributed by atoms with Crippen molar-refractivity contribution < 1.29 is 4.39 Å². The van der Waals surface area contributed by atoms with Gasteiger partial charge in [-0.05, 0) is 48.7 Å². The smallest absolute Gasteiger partial charge is 0.123 e. The highest BCUT2D eigenvalue weighted by Crippen LogP contribution is 2.29. The van der Waals surface area contributed by atoms with Gasteiger partial charge in [-0.25, -0.2) is 4.39 Å². The summed E-state index contributed by atoms with van der Waals surface area (Å²) in [6.07, 6.45) is 2.67. The summed E-state index contributed by atoms with van der Waals surface area (Å²) in [4.78, 5) is 4.55. The van der Waals surface area contributed by atoms with E-state index in [0.29, 0.717) is 0 Å². The maximum absolute atomic E-state index is 13.1. The number of rotatable bonds is 3. The first-order valence-corrected chi connectivity index (χ1v) is 6.79. The van der Waals surface area contributed by atoms with Gasteiger partial charge < -0.3 is 0 Å². The molecule has 94 valence electrons. The minimum Gasteiger partial charge on any atom is -0.261 e. The van der Waals surface area contributed by atoms with Crippen LogP contribution in [-0.4, -0.2) is 4.98 Å². The Hall–Kier alpha value is -1.22. The Morgan fingerprint density at radius 3 is 2.61 bits per heavy atom. The number of hydrogen-bond donors (Lipinski definition) is 0. The molecule has 1 aromatic heterocycles. The molecule has 0 N–H and O–H groups in total. The van der Waals surface area contributed by atoms with Gasteiger partial charge in [-0.15, -0.1) is 0 Å². The Labute approximate surface area is 115 Å². The predicted molar refractivity (Wildman–Crippen MR) is 75.5 cm³/mol. The summed E-state index contributed by atoms with van der Waals surface area (Å²) in [5.41, 5.74) is 4.26. The Morgan fingerprint density at radius 2 is 2.00 bits per heavy atom. The molecule has 2 rings (SSSR count). The highest BCUT2D eigenvalue weighted by atomic mass is 79.9. The highest BCUT2D eigenvalue weighted by molar-refractivity contribution is 9.09. The molecule has 2 aromatic rings. The SMILES string of the molecule is Cc1ccc(CC(Br)c2ccc(F)cc2C)nc1. The third-order valence-corrected chi connectivity index (χ3v) is 3.75. The van der Waals surface area contributed by atoms with E-state index in [-0.39, 0.29) is 10.6 Å². The fourth-order valence-corrected chi connectivity index (χ4v) is 2.75. The van der Waals surface area contributed by atoms with Crippen LogP contribution in [0.5, 0.6) is 0 Å². The molecule has 0 aliphatic carbocycles. The van der Waals surface area contributed by atoms with Crippen LogP contribution in [0.4, 0.5) is 4.39 Å².